The minimum Gasteiger partial charge on any atom is -0.356 e. The Morgan fingerprint density at radius 3 is 2.88 bits per heavy atom. The smallest absolute Gasteiger partial charge is 0.237 e. The second kappa shape index (κ2) is 12.4. The van der Waals surface area contributed by atoms with E-state index in [-0.39, 0.29) is 36.3 Å². The number of rotatable bonds is 10. The molecule has 7 unspecified atom stereocenters. The van der Waals surface area contributed by atoms with Crippen LogP contribution < -0.4 is 32.3 Å². The van der Waals surface area contributed by atoms with Crippen LogP contribution in [0.4, 0.5) is 0 Å². The van der Waals surface area contributed by atoms with Gasteiger partial charge in [0.25, 0.3) is 0 Å². The molecule has 2 saturated heterocycles. The zero-order valence-corrected chi connectivity index (χ0v) is 20.2. The molecule has 188 valence electrons. The van der Waals surface area contributed by atoms with Crippen LogP contribution in [0.3, 0.4) is 0 Å². The summed E-state index contributed by atoms with van der Waals surface area (Å²) in [5, 5.41) is 10.1. The van der Waals surface area contributed by atoms with E-state index >= 15 is 0 Å². The van der Waals surface area contributed by atoms with Crippen LogP contribution in [0, 0.1) is 23.7 Å². The zero-order valence-electron chi connectivity index (χ0n) is 20.2. The summed E-state index contributed by atoms with van der Waals surface area (Å²) in [5.41, 5.74) is 9.12. The molecule has 33 heavy (non-hydrogen) atoms. The number of carbonyl (C=O) groups excluding carboxylic acids is 2. The van der Waals surface area contributed by atoms with Gasteiger partial charge in [-0.25, -0.2) is 5.43 Å². The number of hydrogen-bond acceptors (Lipinski definition) is 7. The van der Waals surface area contributed by atoms with Crippen LogP contribution >= 0.6 is 0 Å². The summed E-state index contributed by atoms with van der Waals surface area (Å²) >= 11 is 0. The Hall–Kier alpha value is -1.26. The third kappa shape index (κ3) is 6.88. The number of nitrogens with one attached hydrogen (secondary N) is 6. The number of hydroxylamine groups is 1. The third-order valence-electron chi connectivity index (χ3n) is 8.18. The first-order valence-electron chi connectivity index (χ1n) is 13.4. The highest BCUT2D eigenvalue weighted by Gasteiger charge is 2.39. The average Bonchev–Trinajstić information content (AvgIpc) is 3.33. The van der Waals surface area contributed by atoms with Crippen molar-refractivity contribution in [3.63, 3.8) is 0 Å². The van der Waals surface area contributed by atoms with Crippen molar-refractivity contribution in [1.82, 2.24) is 32.3 Å². The summed E-state index contributed by atoms with van der Waals surface area (Å²) in [5.74, 6) is 2.15. The quantitative estimate of drug-likeness (QED) is 0.272. The monoisotopic (exact) mass is 464 g/mol. The van der Waals surface area contributed by atoms with E-state index in [4.69, 9.17) is 4.84 Å². The standard InChI is InChI=1S/C24H44N6O3/c1-2-16-7-5-8-17(15-16)22-27-21(33-30-22)12-11-20(31)25-13-6-14-26-23-18-9-3-4-10-19(18)24(32)29-28-23/h16-19,21-23,26-28,30H,2-15H2,1H3,(H,25,31)(H,29,32). The first-order chi connectivity index (χ1) is 16.1. The van der Waals surface area contributed by atoms with E-state index in [9.17, 15) is 9.59 Å². The van der Waals surface area contributed by atoms with Gasteiger partial charge in [0.15, 0.2) is 0 Å². The molecule has 6 N–H and O–H groups in total. The highest BCUT2D eigenvalue weighted by Crippen LogP contribution is 2.34. The van der Waals surface area contributed by atoms with Gasteiger partial charge in [0.2, 0.25) is 11.8 Å². The highest BCUT2D eigenvalue weighted by molar-refractivity contribution is 5.79. The normalized spacial score (nSPS) is 36.8. The van der Waals surface area contributed by atoms with Crippen molar-refractivity contribution < 1.29 is 14.4 Å². The second-order valence-electron chi connectivity index (χ2n) is 10.4. The van der Waals surface area contributed by atoms with Crippen LogP contribution in [0.5, 0.6) is 0 Å². The predicted molar refractivity (Wildman–Crippen MR) is 126 cm³/mol. The highest BCUT2D eigenvalue weighted by atomic mass is 16.7. The first kappa shape index (κ1) is 24.9. The van der Waals surface area contributed by atoms with Gasteiger partial charge < -0.3 is 10.6 Å². The number of carbonyl (C=O) groups is 2. The van der Waals surface area contributed by atoms with Crippen molar-refractivity contribution in [2.45, 2.75) is 103 Å². The van der Waals surface area contributed by atoms with Crippen molar-refractivity contribution in [3.8, 4) is 0 Å². The van der Waals surface area contributed by atoms with E-state index in [1.165, 1.54) is 38.5 Å². The van der Waals surface area contributed by atoms with Crippen LogP contribution in [-0.4, -0.2) is 43.5 Å². The van der Waals surface area contributed by atoms with E-state index in [2.05, 4.69) is 39.2 Å². The molecule has 0 bridgehead atoms. The van der Waals surface area contributed by atoms with Gasteiger partial charge in [-0.1, -0.05) is 39.0 Å². The number of hydrazine groups is 1. The van der Waals surface area contributed by atoms with Crippen LogP contribution in [0.15, 0.2) is 0 Å². The molecule has 0 aromatic carbocycles. The molecule has 7 atom stereocenters. The molecule has 4 aliphatic rings. The fourth-order valence-electron chi connectivity index (χ4n) is 6.16. The van der Waals surface area contributed by atoms with Crippen LogP contribution in [-0.2, 0) is 14.4 Å². The molecule has 0 spiro atoms. The SMILES string of the molecule is CCC1CCCC(C2NOC(CCC(=O)NCCCNC3NNC(=O)C4CCCCC34)N2)C1. The Kier molecular flexibility index (Phi) is 9.37. The van der Waals surface area contributed by atoms with Gasteiger partial charge in [-0.15, -0.1) is 0 Å². The van der Waals surface area contributed by atoms with Gasteiger partial charge in [0.1, 0.15) is 6.23 Å². The Balaban J connectivity index is 1.05. The summed E-state index contributed by atoms with van der Waals surface area (Å²) in [6.07, 6.45) is 13.1. The van der Waals surface area contributed by atoms with Crippen molar-refractivity contribution in [2.75, 3.05) is 13.1 Å². The molecule has 0 aromatic rings. The third-order valence-corrected chi connectivity index (χ3v) is 8.18. The molecular weight excluding hydrogens is 420 g/mol. The second-order valence-corrected chi connectivity index (χ2v) is 10.4. The Bertz CT molecular complexity index is 650. The van der Waals surface area contributed by atoms with Crippen molar-refractivity contribution in [2.24, 2.45) is 23.7 Å². The molecule has 2 heterocycles. The largest absolute Gasteiger partial charge is 0.356 e. The molecule has 2 aliphatic carbocycles. The molecule has 4 rings (SSSR count). The van der Waals surface area contributed by atoms with Gasteiger partial charge in [-0.2, -0.15) is 5.48 Å². The molecule has 2 amide bonds. The van der Waals surface area contributed by atoms with Crippen molar-refractivity contribution >= 4 is 11.8 Å². The van der Waals surface area contributed by atoms with Gasteiger partial charge >= 0.3 is 0 Å². The first-order valence-corrected chi connectivity index (χ1v) is 13.4. The van der Waals surface area contributed by atoms with Gasteiger partial charge in [0.05, 0.1) is 12.3 Å². The summed E-state index contributed by atoms with van der Waals surface area (Å²) in [4.78, 5) is 30.0. The Labute approximate surface area is 198 Å². The number of fused-ring (bicyclic) bond motifs is 1. The molecular formula is C24H44N6O3. The molecule has 2 saturated carbocycles. The van der Waals surface area contributed by atoms with E-state index in [0.717, 1.165) is 38.1 Å². The number of hydrogen-bond donors (Lipinski definition) is 6. The maximum atomic E-state index is 12.3. The topological polar surface area (TPSA) is 116 Å². The Morgan fingerprint density at radius 2 is 2.00 bits per heavy atom. The average molecular weight is 465 g/mol. The molecule has 0 aromatic heterocycles. The molecule has 9 nitrogen and oxygen atoms in total. The lowest BCUT2D eigenvalue weighted by Gasteiger charge is -2.41. The summed E-state index contributed by atoms with van der Waals surface area (Å²) in [6.45, 7) is 3.74. The molecule has 4 fully saturated rings. The van der Waals surface area contributed by atoms with Crippen molar-refractivity contribution in [3.05, 3.63) is 0 Å². The molecule has 2 aliphatic heterocycles. The number of amides is 2. The van der Waals surface area contributed by atoms with Crippen LogP contribution in [0.2, 0.25) is 0 Å². The molecule has 9 heteroatoms. The lowest BCUT2D eigenvalue weighted by atomic mass is 9.76. The fourth-order valence-corrected chi connectivity index (χ4v) is 6.16. The van der Waals surface area contributed by atoms with Crippen molar-refractivity contribution in [1.29, 1.82) is 0 Å². The minimum absolute atomic E-state index is 0.0722. The van der Waals surface area contributed by atoms with Gasteiger partial charge in [-0.05, 0) is 56.9 Å². The fraction of sp³-hybridized carbons (Fsp3) is 0.917. The molecule has 0 radical (unpaired) electrons. The van der Waals surface area contributed by atoms with E-state index in [1.807, 2.05) is 0 Å². The minimum atomic E-state index is -0.0968. The summed E-state index contributed by atoms with van der Waals surface area (Å²) < 4.78 is 0. The van der Waals surface area contributed by atoms with E-state index in [0.29, 0.717) is 31.2 Å². The maximum absolute atomic E-state index is 12.3. The van der Waals surface area contributed by atoms with E-state index < -0.39 is 0 Å². The maximum Gasteiger partial charge on any atom is 0.237 e. The lowest BCUT2D eigenvalue weighted by molar-refractivity contribution is -0.134. The Morgan fingerprint density at radius 1 is 1.12 bits per heavy atom. The van der Waals surface area contributed by atoms with Gasteiger partial charge in [0, 0.05) is 24.8 Å². The summed E-state index contributed by atoms with van der Waals surface area (Å²) in [7, 11) is 0. The zero-order chi connectivity index (χ0) is 23.0. The van der Waals surface area contributed by atoms with Gasteiger partial charge in [-0.3, -0.25) is 25.2 Å². The van der Waals surface area contributed by atoms with E-state index in [1.54, 1.807) is 0 Å². The summed E-state index contributed by atoms with van der Waals surface area (Å²) in [6, 6.07) is 0. The predicted octanol–water partition coefficient (Wildman–Crippen LogP) is 1.62. The van der Waals surface area contributed by atoms with Crippen LogP contribution in [0.1, 0.15) is 84.0 Å². The lowest BCUT2D eigenvalue weighted by Crippen LogP contribution is -2.64. The van der Waals surface area contributed by atoms with Crippen LogP contribution in [0.25, 0.3) is 0 Å².